The Bertz CT molecular complexity index is 1270. The number of unbranched alkanes of at least 4 members (excludes halogenated alkanes) is 11. The number of nitrogens with zero attached hydrogens (tertiary/aromatic N) is 3. The minimum atomic E-state index is -0.889. The van der Waals surface area contributed by atoms with E-state index in [0.29, 0.717) is 51.7 Å². The SMILES string of the molecule is CC[C@H]1C=CCC[C@@]2(C[C@@H]3CC[C@@H]4[C@H](C(=O)OCCCCCCCCCCCCCCC(=O)N(CCCN)C[C@@H](O)CCN)[C@]5(CCC[C@H](C)O5)N=C(N2)N34)O1. The van der Waals surface area contributed by atoms with E-state index < -0.39 is 23.5 Å². The van der Waals surface area contributed by atoms with Crippen LogP contribution >= 0.6 is 0 Å². The minimum absolute atomic E-state index is 0.0280. The van der Waals surface area contributed by atoms with Gasteiger partial charge in [0, 0.05) is 32.0 Å². The Labute approximate surface area is 338 Å². The lowest BCUT2D eigenvalue weighted by molar-refractivity contribution is -0.194. The van der Waals surface area contributed by atoms with Crippen LogP contribution in [0.25, 0.3) is 0 Å². The fraction of sp³-hybridized carbons (Fsp3) is 0.886. The third-order valence-electron chi connectivity index (χ3n) is 13.0. The Hall–Kier alpha value is -2.25. The number of ether oxygens (including phenoxy) is 3. The van der Waals surface area contributed by atoms with E-state index in [4.69, 9.17) is 30.7 Å². The van der Waals surface area contributed by atoms with Gasteiger partial charge in [0.15, 0.2) is 11.7 Å². The molecule has 0 aromatic rings. The Morgan fingerprint density at radius 2 is 1.70 bits per heavy atom. The molecule has 12 heteroatoms. The number of carbonyl (C=O) groups is 2. The molecule has 0 aromatic carbocycles. The number of amides is 1. The molecule has 0 aliphatic carbocycles. The maximum Gasteiger partial charge on any atom is 0.316 e. The van der Waals surface area contributed by atoms with Gasteiger partial charge in [-0.05, 0) is 97.1 Å². The predicted octanol–water partition coefficient (Wildman–Crippen LogP) is 6.43. The fourth-order valence-electron chi connectivity index (χ4n) is 9.98. The molecule has 3 fully saturated rings. The predicted molar refractivity (Wildman–Crippen MR) is 222 cm³/mol. The standard InChI is InChI=1S/C44H78N6O6/c1-3-37-21-15-16-26-43(56-37)32-35-23-24-38-40(44(27-18-20-34(2)55-44)48-42(47-43)50(35)38)41(53)54-31-17-13-11-9-7-5-4-6-8-10-12-14-22-39(52)49(30-19-28-45)33-36(51)25-29-46/h15,21,34-38,40,51H,3-14,16-20,22-33,45-46H2,1-2H3,(H,47,48)/t34-,35-,36-,37-,38+,40+,43-,44+/m0/s1. The lowest BCUT2D eigenvalue weighted by Gasteiger charge is -2.55. The van der Waals surface area contributed by atoms with Gasteiger partial charge in [0.25, 0.3) is 0 Å². The van der Waals surface area contributed by atoms with Gasteiger partial charge in [-0.3, -0.25) is 9.59 Å². The van der Waals surface area contributed by atoms with Gasteiger partial charge in [-0.15, -0.1) is 0 Å². The molecule has 0 radical (unpaired) electrons. The summed E-state index contributed by atoms with van der Waals surface area (Å²) in [5.41, 5.74) is 9.88. The first-order valence-corrected chi connectivity index (χ1v) is 22.9. The Morgan fingerprint density at radius 3 is 2.38 bits per heavy atom. The third kappa shape index (κ3) is 12.4. The molecule has 0 aromatic heterocycles. The lowest BCUT2D eigenvalue weighted by Crippen LogP contribution is -2.71. The number of aliphatic hydroxyl groups excluding tert-OH is 1. The van der Waals surface area contributed by atoms with Crippen molar-refractivity contribution < 1.29 is 28.9 Å². The molecule has 56 heavy (non-hydrogen) atoms. The highest BCUT2D eigenvalue weighted by Crippen LogP contribution is 2.50. The van der Waals surface area contributed by atoms with Crippen LogP contribution in [0.2, 0.25) is 0 Å². The van der Waals surface area contributed by atoms with Crippen LogP contribution in [0, 0.1) is 5.92 Å². The summed E-state index contributed by atoms with van der Waals surface area (Å²) in [7, 11) is 0. The van der Waals surface area contributed by atoms with E-state index in [1.54, 1.807) is 4.90 Å². The average molecular weight is 787 g/mol. The van der Waals surface area contributed by atoms with Gasteiger partial charge in [-0.1, -0.05) is 83.3 Å². The second-order valence-corrected chi connectivity index (χ2v) is 17.5. The van der Waals surface area contributed by atoms with Gasteiger partial charge in [0.2, 0.25) is 5.91 Å². The molecule has 2 spiro atoms. The van der Waals surface area contributed by atoms with Crippen molar-refractivity contribution in [1.29, 1.82) is 0 Å². The highest BCUT2D eigenvalue weighted by atomic mass is 16.6. The van der Waals surface area contributed by atoms with Crippen molar-refractivity contribution in [3.8, 4) is 0 Å². The number of hydrogen-bond donors (Lipinski definition) is 4. The second-order valence-electron chi connectivity index (χ2n) is 17.5. The molecule has 8 atom stereocenters. The van der Waals surface area contributed by atoms with Crippen molar-refractivity contribution in [3.63, 3.8) is 0 Å². The van der Waals surface area contributed by atoms with E-state index in [1.165, 1.54) is 44.9 Å². The van der Waals surface area contributed by atoms with Crippen molar-refractivity contribution in [2.75, 3.05) is 32.8 Å². The van der Waals surface area contributed by atoms with Crippen molar-refractivity contribution in [3.05, 3.63) is 12.2 Å². The molecule has 12 nitrogen and oxygen atoms in total. The van der Waals surface area contributed by atoms with E-state index in [-0.39, 0.29) is 30.1 Å². The van der Waals surface area contributed by atoms with Crippen LogP contribution < -0.4 is 16.8 Å². The summed E-state index contributed by atoms with van der Waals surface area (Å²) >= 11 is 0. The van der Waals surface area contributed by atoms with Crippen LogP contribution in [0.1, 0.15) is 168 Å². The number of esters is 1. The second kappa shape index (κ2) is 22.8. The van der Waals surface area contributed by atoms with Crippen LogP contribution in [0.4, 0.5) is 0 Å². The largest absolute Gasteiger partial charge is 0.465 e. The number of rotatable bonds is 24. The third-order valence-corrected chi connectivity index (χ3v) is 13.0. The summed E-state index contributed by atoms with van der Waals surface area (Å²) < 4.78 is 19.6. The lowest BCUT2D eigenvalue weighted by atomic mass is 9.80. The van der Waals surface area contributed by atoms with Gasteiger partial charge < -0.3 is 45.9 Å². The molecular formula is C44H78N6O6. The van der Waals surface area contributed by atoms with Gasteiger partial charge in [-0.25, -0.2) is 4.99 Å². The molecule has 5 aliphatic heterocycles. The summed E-state index contributed by atoms with van der Waals surface area (Å²) in [5, 5.41) is 13.9. The molecule has 5 aliphatic rings. The van der Waals surface area contributed by atoms with Crippen molar-refractivity contribution in [2.45, 2.75) is 210 Å². The van der Waals surface area contributed by atoms with Crippen LogP contribution in [0.5, 0.6) is 0 Å². The van der Waals surface area contributed by atoms with Crippen molar-refractivity contribution in [1.82, 2.24) is 15.1 Å². The molecule has 6 N–H and O–H groups in total. The van der Waals surface area contributed by atoms with Gasteiger partial charge in [0.05, 0.1) is 31.0 Å². The first-order valence-electron chi connectivity index (χ1n) is 22.9. The molecular weight excluding hydrogens is 709 g/mol. The fourth-order valence-corrected chi connectivity index (χ4v) is 9.98. The van der Waals surface area contributed by atoms with Crippen molar-refractivity contribution in [2.24, 2.45) is 22.4 Å². The van der Waals surface area contributed by atoms with Crippen LogP contribution in [0.15, 0.2) is 17.1 Å². The number of aliphatic hydroxyl groups is 1. The van der Waals surface area contributed by atoms with E-state index in [9.17, 15) is 14.7 Å². The molecule has 5 rings (SSSR count). The first-order chi connectivity index (χ1) is 27.2. The van der Waals surface area contributed by atoms with E-state index in [2.05, 4.69) is 36.2 Å². The van der Waals surface area contributed by atoms with Crippen LogP contribution in [-0.2, 0) is 23.8 Å². The maximum absolute atomic E-state index is 14.0. The number of nitrogens with one attached hydrogen (secondary N) is 1. The minimum Gasteiger partial charge on any atom is -0.465 e. The Balaban J connectivity index is 0.961. The highest BCUT2D eigenvalue weighted by Gasteiger charge is 2.62. The molecule has 0 bridgehead atoms. The molecule has 0 unspecified atom stereocenters. The molecule has 5 heterocycles. The summed E-state index contributed by atoms with van der Waals surface area (Å²) in [4.78, 5) is 36.3. The average Bonchev–Trinajstić information content (AvgIpc) is 3.48. The van der Waals surface area contributed by atoms with Gasteiger partial charge in [-0.2, -0.15) is 0 Å². The molecule has 3 saturated heterocycles. The number of aliphatic imine (C=N–C) groups is 1. The number of hydrogen-bond acceptors (Lipinski definition) is 11. The Kier molecular flexibility index (Phi) is 18.2. The smallest absolute Gasteiger partial charge is 0.316 e. The van der Waals surface area contributed by atoms with E-state index in [0.717, 1.165) is 102 Å². The zero-order valence-corrected chi connectivity index (χ0v) is 35.1. The number of guanidine groups is 1. The molecule has 0 saturated carbocycles. The quantitative estimate of drug-likeness (QED) is 0.0487. The number of allylic oxidation sites excluding steroid dienone is 1. The number of carbonyl (C=O) groups excluding carboxylic acids is 2. The summed E-state index contributed by atoms with van der Waals surface area (Å²) in [6.07, 6.45) is 28.0. The maximum atomic E-state index is 14.0. The van der Waals surface area contributed by atoms with Crippen molar-refractivity contribution >= 4 is 17.8 Å². The zero-order valence-electron chi connectivity index (χ0n) is 35.1. The summed E-state index contributed by atoms with van der Waals surface area (Å²) in [5.74, 6) is 0.427. The van der Waals surface area contributed by atoms with Gasteiger partial charge >= 0.3 is 5.97 Å². The zero-order chi connectivity index (χ0) is 39.8. The Morgan fingerprint density at radius 1 is 0.982 bits per heavy atom. The van der Waals surface area contributed by atoms with Crippen LogP contribution in [0.3, 0.4) is 0 Å². The number of nitrogens with two attached hydrogens (primary N) is 2. The van der Waals surface area contributed by atoms with Crippen LogP contribution in [-0.4, -0.2) is 107 Å². The van der Waals surface area contributed by atoms with Gasteiger partial charge in [0.1, 0.15) is 11.6 Å². The highest BCUT2D eigenvalue weighted by molar-refractivity contribution is 5.87. The molecule has 1 amide bonds. The van der Waals surface area contributed by atoms with E-state index >= 15 is 0 Å². The first kappa shape index (κ1) is 44.8. The molecule has 320 valence electrons. The monoisotopic (exact) mass is 787 g/mol. The summed E-state index contributed by atoms with van der Waals surface area (Å²) in [6, 6.07) is 0.323. The summed E-state index contributed by atoms with van der Waals surface area (Å²) in [6.45, 7) is 6.66. The normalized spacial score (nSPS) is 30.1. The van der Waals surface area contributed by atoms with E-state index in [1.807, 2.05) is 0 Å². The topological polar surface area (TPSA) is 165 Å².